The highest BCUT2D eigenvalue weighted by atomic mass is 19.1. The number of rotatable bonds is 5. The van der Waals surface area contributed by atoms with Crippen LogP contribution in [-0.2, 0) is 0 Å². The number of anilines is 2. The van der Waals surface area contributed by atoms with E-state index in [0.29, 0.717) is 28.2 Å². The average Bonchev–Trinajstić information content (AvgIpc) is 3.43. The van der Waals surface area contributed by atoms with E-state index in [-0.39, 0.29) is 28.9 Å². The van der Waals surface area contributed by atoms with Crippen LogP contribution in [0.1, 0.15) is 15.9 Å². The molecule has 0 aliphatic carbocycles. The number of aromatic nitrogens is 4. The first-order valence-corrected chi connectivity index (χ1v) is 10.6. The molecule has 5 rings (SSSR count). The van der Waals surface area contributed by atoms with Crippen LogP contribution >= 0.6 is 0 Å². The Morgan fingerprint density at radius 3 is 2.60 bits per heavy atom. The second kappa shape index (κ2) is 8.49. The maximum atomic E-state index is 13.9. The lowest BCUT2D eigenvalue weighted by molar-refractivity contribution is 0.0966. The molecular formula is C25H21FN6O3. The molecule has 0 radical (unpaired) electrons. The van der Waals surface area contributed by atoms with Crippen molar-refractivity contribution in [3.8, 4) is 23.1 Å². The smallest absolute Gasteiger partial charge is 0.267 e. The number of nitrogen functional groups attached to an aromatic ring is 2. The summed E-state index contributed by atoms with van der Waals surface area (Å²) in [5, 5.41) is 5.09. The Labute approximate surface area is 199 Å². The number of nitrogens with zero attached hydrogens (tertiary/aromatic N) is 4. The van der Waals surface area contributed by atoms with E-state index in [1.54, 1.807) is 42.6 Å². The van der Waals surface area contributed by atoms with Crippen LogP contribution in [0.25, 0.3) is 16.6 Å². The number of benzene rings is 2. The molecule has 0 aliphatic heterocycles. The predicted octanol–water partition coefficient (Wildman–Crippen LogP) is 4.32. The van der Waals surface area contributed by atoms with Gasteiger partial charge in [0.1, 0.15) is 17.1 Å². The monoisotopic (exact) mass is 472 g/mol. The quantitative estimate of drug-likeness (QED) is 0.365. The fourth-order valence-electron chi connectivity index (χ4n) is 3.82. The first-order chi connectivity index (χ1) is 16.9. The lowest BCUT2D eigenvalue weighted by Crippen LogP contribution is -2.13. The lowest BCUT2D eigenvalue weighted by atomic mass is 10.2. The summed E-state index contributed by atoms with van der Waals surface area (Å²) in [5.74, 6) is 0.0964. The van der Waals surface area contributed by atoms with Gasteiger partial charge in [-0.2, -0.15) is 5.10 Å². The summed E-state index contributed by atoms with van der Waals surface area (Å²) in [6.45, 7) is 1.81. The van der Waals surface area contributed by atoms with Crippen molar-refractivity contribution in [3.05, 3.63) is 84.1 Å². The summed E-state index contributed by atoms with van der Waals surface area (Å²) < 4.78 is 27.6. The Morgan fingerprint density at radius 2 is 1.86 bits per heavy atom. The number of aryl methyl sites for hydroxylation is 1. The molecule has 4 N–H and O–H groups in total. The molecule has 0 amide bonds. The largest absolute Gasteiger partial charge is 0.495 e. The maximum absolute atomic E-state index is 13.9. The molecular weight excluding hydrogens is 451 g/mol. The summed E-state index contributed by atoms with van der Waals surface area (Å²) in [6.07, 6.45) is 4.55. The summed E-state index contributed by atoms with van der Waals surface area (Å²) in [4.78, 5) is 17.6. The van der Waals surface area contributed by atoms with Gasteiger partial charge in [-0.25, -0.2) is 14.1 Å². The molecule has 2 aromatic carbocycles. The molecule has 3 aromatic heterocycles. The standard InChI is InChI=1S/C25H21FN6O3/c1-14-9-23(35-21-6-4-3-5-17(21)26)29-13-20(14)32-24(28)16(12-30-32)25(33)31-8-7-15-10-22(34-2)18(27)11-19(15)31/h3-13H,27-28H2,1-2H3. The summed E-state index contributed by atoms with van der Waals surface area (Å²) in [7, 11) is 1.53. The molecule has 5 aromatic rings. The van der Waals surface area contributed by atoms with E-state index < -0.39 is 5.82 Å². The molecule has 0 saturated carbocycles. The van der Waals surface area contributed by atoms with Crippen LogP contribution in [0.5, 0.6) is 17.4 Å². The van der Waals surface area contributed by atoms with Gasteiger partial charge in [-0.15, -0.1) is 0 Å². The molecule has 0 saturated heterocycles. The zero-order chi connectivity index (χ0) is 24.7. The van der Waals surface area contributed by atoms with Crippen molar-refractivity contribution in [1.29, 1.82) is 0 Å². The van der Waals surface area contributed by atoms with E-state index in [1.165, 1.54) is 40.9 Å². The number of hydrogen-bond acceptors (Lipinski definition) is 7. The fraction of sp³-hybridized carbons (Fsp3) is 0.0800. The number of fused-ring (bicyclic) bond motifs is 1. The van der Waals surface area contributed by atoms with Gasteiger partial charge in [-0.05, 0) is 42.8 Å². The van der Waals surface area contributed by atoms with Crippen molar-refractivity contribution >= 4 is 28.3 Å². The Kier molecular flexibility index (Phi) is 5.33. The van der Waals surface area contributed by atoms with Gasteiger partial charge in [-0.1, -0.05) is 12.1 Å². The number of carbonyl (C=O) groups is 1. The summed E-state index contributed by atoms with van der Waals surface area (Å²) in [5.41, 5.74) is 14.9. The van der Waals surface area contributed by atoms with E-state index in [4.69, 9.17) is 20.9 Å². The normalized spacial score (nSPS) is 11.1. The minimum absolute atomic E-state index is 0.0656. The Balaban J connectivity index is 1.46. The number of hydrogen-bond donors (Lipinski definition) is 2. The molecule has 0 bridgehead atoms. The van der Waals surface area contributed by atoms with Gasteiger partial charge in [-0.3, -0.25) is 9.36 Å². The van der Waals surface area contributed by atoms with Gasteiger partial charge in [0.2, 0.25) is 5.88 Å². The molecule has 0 atom stereocenters. The molecule has 0 aliphatic rings. The van der Waals surface area contributed by atoms with E-state index in [1.807, 2.05) is 6.92 Å². The first kappa shape index (κ1) is 22.0. The molecule has 35 heavy (non-hydrogen) atoms. The van der Waals surface area contributed by atoms with Crippen LogP contribution in [0.4, 0.5) is 15.9 Å². The average molecular weight is 472 g/mol. The van der Waals surface area contributed by atoms with E-state index in [0.717, 1.165) is 5.39 Å². The van der Waals surface area contributed by atoms with Crippen molar-refractivity contribution in [2.75, 3.05) is 18.6 Å². The molecule has 0 unspecified atom stereocenters. The van der Waals surface area contributed by atoms with Crippen molar-refractivity contribution in [1.82, 2.24) is 19.3 Å². The Hall–Kier alpha value is -4.86. The lowest BCUT2D eigenvalue weighted by Gasteiger charge is -2.11. The van der Waals surface area contributed by atoms with Crippen molar-refractivity contribution in [3.63, 3.8) is 0 Å². The second-order valence-corrected chi connectivity index (χ2v) is 7.84. The number of ether oxygens (including phenoxy) is 2. The van der Waals surface area contributed by atoms with Gasteiger partial charge >= 0.3 is 0 Å². The van der Waals surface area contributed by atoms with Gasteiger partial charge in [0.15, 0.2) is 11.6 Å². The topological polar surface area (TPSA) is 123 Å². The van der Waals surface area contributed by atoms with Crippen molar-refractivity contribution < 1.29 is 18.7 Å². The van der Waals surface area contributed by atoms with Crippen LogP contribution in [0, 0.1) is 12.7 Å². The van der Waals surface area contributed by atoms with Gasteiger partial charge in [0, 0.05) is 17.6 Å². The van der Waals surface area contributed by atoms with E-state index in [2.05, 4.69) is 10.1 Å². The minimum atomic E-state index is -0.492. The van der Waals surface area contributed by atoms with Gasteiger partial charge in [0.05, 0.1) is 36.4 Å². The third-order valence-corrected chi connectivity index (χ3v) is 5.63. The SMILES string of the molecule is COc1cc2ccn(C(=O)c3cnn(-c4cnc(Oc5ccccc5F)cc4C)c3N)c2cc1N. The number of carbonyl (C=O) groups excluding carboxylic acids is 1. The first-order valence-electron chi connectivity index (χ1n) is 10.6. The zero-order valence-electron chi connectivity index (χ0n) is 18.9. The Bertz CT molecular complexity index is 1590. The van der Waals surface area contributed by atoms with Crippen LogP contribution in [0.2, 0.25) is 0 Å². The third-order valence-electron chi connectivity index (χ3n) is 5.63. The highest BCUT2D eigenvalue weighted by molar-refractivity contribution is 6.05. The zero-order valence-corrected chi connectivity index (χ0v) is 18.9. The maximum Gasteiger partial charge on any atom is 0.267 e. The second-order valence-electron chi connectivity index (χ2n) is 7.84. The number of methoxy groups -OCH3 is 1. The summed E-state index contributed by atoms with van der Waals surface area (Å²) >= 11 is 0. The van der Waals surface area contributed by atoms with Crippen LogP contribution < -0.4 is 20.9 Å². The van der Waals surface area contributed by atoms with Crippen LogP contribution in [-0.4, -0.2) is 32.3 Å². The number of halogens is 1. The summed E-state index contributed by atoms with van der Waals surface area (Å²) in [6, 6.07) is 12.9. The minimum Gasteiger partial charge on any atom is -0.495 e. The highest BCUT2D eigenvalue weighted by Crippen LogP contribution is 2.30. The number of para-hydroxylation sites is 1. The number of nitrogens with two attached hydrogens (primary N) is 2. The predicted molar refractivity (Wildman–Crippen MR) is 130 cm³/mol. The van der Waals surface area contributed by atoms with Crippen LogP contribution in [0.15, 0.2) is 67.1 Å². The molecule has 9 nitrogen and oxygen atoms in total. The highest BCUT2D eigenvalue weighted by Gasteiger charge is 2.21. The third kappa shape index (κ3) is 3.80. The van der Waals surface area contributed by atoms with Gasteiger partial charge in [0.25, 0.3) is 5.91 Å². The fourth-order valence-corrected chi connectivity index (χ4v) is 3.82. The van der Waals surface area contributed by atoms with Crippen molar-refractivity contribution in [2.24, 2.45) is 0 Å². The van der Waals surface area contributed by atoms with Crippen LogP contribution in [0.3, 0.4) is 0 Å². The van der Waals surface area contributed by atoms with E-state index >= 15 is 0 Å². The molecule has 176 valence electrons. The molecule has 3 heterocycles. The Morgan fingerprint density at radius 1 is 1.06 bits per heavy atom. The molecule has 10 heteroatoms. The van der Waals surface area contributed by atoms with Gasteiger partial charge < -0.3 is 20.9 Å². The van der Waals surface area contributed by atoms with E-state index in [9.17, 15) is 9.18 Å². The molecule has 0 spiro atoms. The van der Waals surface area contributed by atoms with Crippen molar-refractivity contribution in [2.45, 2.75) is 6.92 Å². The number of pyridine rings is 1. The molecule has 0 fully saturated rings.